The zero-order chi connectivity index (χ0) is 17.0. The molecule has 0 saturated heterocycles. The smallest absolute Gasteiger partial charge is 0.147 e. The third-order valence-electron chi connectivity index (χ3n) is 3.97. The van der Waals surface area contributed by atoms with Gasteiger partial charge in [0.25, 0.3) is 0 Å². The van der Waals surface area contributed by atoms with E-state index >= 15 is 0 Å². The number of benzene rings is 2. The third-order valence-corrected chi connectivity index (χ3v) is 15.3. The van der Waals surface area contributed by atoms with E-state index in [4.69, 9.17) is 0 Å². The average molecular weight is 441 g/mol. The summed E-state index contributed by atoms with van der Waals surface area (Å²) in [5.41, 5.74) is 2.84. The van der Waals surface area contributed by atoms with E-state index in [0.717, 1.165) is 13.0 Å². The second-order valence-corrected chi connectivity index (χ2v) is 15.1. The maximum absolute atomic E-state index is 2.40. The number of halogens is 2. The Bertz CT molecular complexity index is 746. The van der Waals surface area contributed by atoms with Crippen LogP contribution in [-0.2, 0) is 16.9 Å². The fourth-order valence-electron chi connectivity index (χ4n) is 2.98. The van der Waals surface area contributed by atoms with Crippen molar-refractivity contribution in [2.24, 2.45) is 0 Å². The minimum absolute atomic E-state index is 0. The SMILES string of the molecule is CC(C)(C)[PH][Ti]([C]1=CC=CC1)=[C](c1ccccc1)c1ccccc1.Cl.Cl. The summed E-state index contributed by atoms with van der Waals surface area (Å²) in [5.74, 6) is 0. The first-order valence-corrected chi connectivity index (χ1v) is 13.4. The molecule has 0 heterocycles. The molecule has 3 rings (SSSR count). The molecule has 0 saturated carbocycles. The molecular formula is C22H27Cl2PTi. The van der Waals surface area contributed by atoms with E-state index in [1.807, 2.05) is 0 Å². The summed E-state index contributed by atoms with van der Waals surface area (Å²) in [6.45, 7) is 8.21. The number of hydrogen-bond donors (Lipinski definition) is 0. The maximum atomic E-state index is 2.40. The van der Waals surface area contributed by atoms with Crippen molar-refractivity contribution in [3.8, 4) is 0 Å². The monoisotopic (exact) mass is 440 g/mol. The summed E-state index contributed by atoms with van der Waals surface area (Å²) in [7, 11) is 0. The summed E-state index contributed by atoms with van der Waals surface area (Å²) in [5, 5.41) is 0.383. The van der Waals surface area contributed by atoms with E-state index in [0.29, 0.717) is 5.16 Å². The molecule has 0 fully saturated rings. The Morgan fingerprint density at radius 3 is 1.73 bits per heavy atom. The van der Waals surface area contributed by atoms with Crippen LogP contribution in [0.25, 0.3) is 0 Å². The molecule has 0 spiro atoms. The van der Waals surface area contributed by atoms with E-state index in [2.05, 4.69) is 99.7 Å². The summed E-state index contributed by atoms with van der Waals surface area (Å²) < 4.78 is 3.35. The van der Waals surface area contributed by atoms with Gasteiger partial charge < -0.3 is 0 Å². The molecule has 0 aromatic heterocycles. The molecule has 1 atom stereocenters. The minimum Gasteiger partial charge on any atom is -0.147 e. The van der Waals surface area contributed by atoms with Gasteiger partial charge in [-0.25, -0.2) is 0 Å². The topological polar surface area (TPSA) is 0 Å². The molecule has 1 unspecified atom stereocenters. The van der Waals surface area contributed by atoms with Crippen molar-refractivity contribution >= 4 is 35.2 Å². The van der Waals surface area contributed by atoms with Gasteiger partial charge >= 0.3 is 154 Å². The molecule has 26 heavy (non-hydrogen) atoms. The van der Waals surface area contributed by atoms with E-state index < -0.39 is 16.9 Å². The molecular weight excluding hydrogens is 414 g/mol. The van der Waals surface area contributed by atoms with Gasteiger partial charge in [-0.1, -0.05) is 0 Å². The molecule has 1 aliphatic rings. The normalized spacial score (nSPS) is 13.1. The largest absolute Gasteiger partial charge is 0.147 e. The molecule has 0 aliphatic heterocycles. The molecule has 0 nitrogen and oxygen atoms in total. The van der Waals surface area contributed by atoms with Crippen LogP contribution in [0.15, 0.2) is 82.8 Å². The fraction of sp³-hybridized carbons (Fsp3) is 0.227. The summed E-state index contributed by atoms with van der Waals surface area (Å²) in [6, 6.07) is 22.1. The van der Waals surface area contributed by atoms with Crippen molar-refractivity contribution in [3.05, 3.63) is 93.9 Å². The van der Waals surface area contributed by atoms with E-state index in [1.165, 1.54) is 11.1 Å². The van der Waals surface area contributed by atoms with Crippen LogP contribution in [-0.4, -0.2) is 8.97 Å². The molecule has 4 heteroatoms. The molecule has 1 aliphatic carbocycles. The molecule has 2 aromatic rings. The van der Waals surface area contributed by atoms with Crippen LogP contribution in [0.3, 0.4) is 0 Å². The van der Waals surface area contributed by atoms with Gasteiger partial charge in [0.15, 0.2) is 0 Å². The summed E-state index contributed by atoms with van der Waals surface area (Å²) in [6.07, 6.45) is 8.13. The molecule has 138 valence electrons. The maximum Gasteiger partial charge on any atom is -0.147 e. The van der Waals surface area contributed by atoms with Crippen molar-refractivity contribution in [3.63, 3.8) is 0 Å². The standard InChI is InChI=1S/C13H10.C5H5.C4H10P.2ClH.Ti/c1-3-7-12(8-4-1)11-13-9-5-2-6-10-13;1-2-4-5-3-1;1-4(2,3)5;;;/h1-10H;1-3H,4H2;5H,1-3H3;2*1H;/q;;-1;;;+1. The van der Waals surface area contributed by atoms with Crippen molar-refractivity contribution in [1.82, 2.24) is 0 Å². The van der Waals surface area contributed by atoms with Crippen LogP contribution < -0.4 is 0 Å². The van der Waals surface area contributed by atoms with Gasteiger partial charge in [-0.15, -0.1) is 24.8 Å². The van der Waals surface area contributed by atoms with Crippen LogP contribution in [0, 0.1) is 0 Å². The van der Waals surface area contributed by atoms with Gasteiger partial charge in [0.1, 0.15) is 0 Å². The minimum atomic E-state index is -1.58. The summed E-state index contributed by atoms with van der Waals surface area (Å²) >= 11 is -1.58. The Balaban J connectivity index is 0.00000169. The van der Waals surface area contributed by atoms with Crippen molar-refractivity contribution < 1.29 is 16.9 Å². The van der Waals surface area contributed by atoms with Gasteiger partial charge in [-0.2, -0.15) is 0 Å². The van der Waals surface area contributed by atoms with Crippen molar-refractivity contribution in [2.45, 2.75) is 32.3 Å². The van der Waals surface area contributed by atoms with E-state index in [-0.39, 0.29) is 24.8 Å². The molecule has 0 N–H and O–H groups in total. The third kappa shape index (κ3) is 6.29. The first-order chi connectivity index (χ1) is 11.5. The molecule has 0 radical (unpaired) electrons. The molecule has 0 bridgehead atoms. The van der Waals surface area contributed by atoms with Gasteiger partial charge in [0.2, 0.25) is 0 Å². The first kappa shape index (κ1) is 23.6. The summed E-state index contributed by atoms with van der Waals surface area (Å²) in [4.78, 5) is 0. The molecule has 0 amide bonds. The second kappa shape index (κ2) is 10.7. The number of rotatable bonds is 4. The first-order valence-electron chi connectivity index (χ1n) is 8.54. The Hall–Kier alpha value is -0.486. The molecule has 2 aromatic carbocycles. The van der Waals surface area contributed by atoms with Gasteiger partial charge in [0, 0.05) is 0 Å². The zero-order valence-corrected chi connectivity index (χ0v) is 19.7. The second-order valence-electron chi connectivity index (χ2n) is 7.18. The zero-order valence-electron chi connectivity index (χ0n) is 15.5. The Morgan fingerprint density at radius 2 is 1.35 bits per heavy atom. The Labute approximate surface area is 177 Å². The Morgan fingerprint density at radius 1 is 0.846 bits per heavy atom. The van der Waals surface area contributed by atoms with Gasteiger partial charge in [-0.05, 0) is 0 Å². The average Bonchev–Trinajstić information content (AvgIpc) is 3.09. The predicted octanol–water partition coefficient (Wildman–Crippen LogP) is 6.95. The quantitative estimate of drug-likeness (QED) is 0.356. The predicted molar refractivity (Wildman–Crippen MR) is 120 cm³/mol. The van der Waals surface area contributed by atoms with Crippen LogP contribution in [0.1, 0.15) is 38.3 Å². The van der Waals surface area contributed by atoms with Crippen LogP contribution in [0.2, 0.25) is 0 Å². The van der Waals surface area contributed by atoms with Crippen molar-refractivity contribution in [1.29, 1.82) is 0 Å². The van der Waals surface area contributed by atoms with Gasteiger partial charge in [0.05, 0.1) is 0 Å². The van der Waals surface area contributed by atoms with Crippen LogP contribution in [0.4, 0.5) is 0 Å². The van der Waals surface area contributed by atoms with Crippen LogP contribution >= 0.6 is 31.4 Å². The van der Waals surface area contributed by atoms with E-state index in [9.17, 15) is 0 Å². The number of allylic oxidation sites excluding steroid dienone is 4. The number of hydrogen-bond acceptors (Lipinski definition) is 0. The van der Waals surface area contributed by atoms with Crippen LogP contribution in [0.5, 0.6) is 0 Å². The van der Waals surface area contributed by atoms with Crippen molar-refractivity contribution in [2.75, 3.05) is 0 Å². The fourth-order valence-corrected chi connectivity index (χ4v) is 13.7. The van der Waals surface area contributed by atoms with E-state index in [1.54, 1.807) is 7.69 Å². The Kier molecular flexibility index (Phi) is 9.74. The van der Waals surface area contributed by atoms with Gasteiger partial charge in [-0.3, -0.25) is 0 Å².